The third-order valence-electron chi connectivity index (χ3n) is 3.01. The van der Waals surface area contributed by atoms with E-state index in [1.54, 1.807) is 11.6 Å². The van der Waals surface area contributed by atoms with E-state index in [1.807, 2.05) is 20.8 Å². The number of nitrogens with one attached hydrogen (secondary N) is 2. The number of carbonyl (C=O) groups excluding carboxylic acids is 3. The lowest BCUT2D eigenvalue weighted by Crippen LogP contribution is -2.48. The number of carbonyl (C=O) groups is 3. The van der Waals surface area contributed by atoms with Crippen LogP contribution in [0.4, 0.5) is 5.13 Å². The van der Waals surface area contributed by atoms with E-state index < -0.39 is 0 Å². The molecule has 0 aliphatic heterocycles. The molecule has 0 spiro atoms. The van der Waals surface area contributed by atoms with Gasteiger partial charge in [0.05, 0.1) is 13.2 Å². The van der Waals surface area contributed by atoms with E-state index in [9.17, 15) is 14.4 Å². The molecule has 1 heterocycles. The second-order valence-electron chi connectivity index (χ2n) is 6.49. The summed E-state index contributed by atoms with van der Waals surface area (Å²) in [7, 11) is 1.53. The van der Waals surface area contributed by atoms with E-state index in [1.165, 1.54) is 23.3 Å². The van der Waals surface area contributed by atoms with Crippen LogP contribution in [0.2, 0.25) is 0 Å². The first-order chi connectivity index (χ1) is 11.7. The third kappa shape index (κ3) is 9.16. The van der Waals surface area contributed by atoms with Crippen molar-refractivity contribution in [2.45, 2.75) is 39.2 Å². The van der Waals surface area contributed by atoms with Crippen molar-refractivity contribution in [3.8, 4) is 0 Å². The molecule has 1 rings (SSSR count). The number of hydrogen-bond acceptors (Lipinski definition) is 6. The van der Waals surface area contributed by atoms with Crippen LogP contribution in [0.5, 0.6) is 0 Å². The molecule has 2 N–H and O–H groups in total. The van der Waals surface area contributed by atoms with Crippen molar-refractivity contribution in [2.24, 2.45) is 0 Å². The summed E-state index contributed by atoms with van der Waals surface area (Å²) in [6.07, 6.45) is 1.64. The molecule has 0 fully saturated rings. The molecule has 0 radical (unpaired) electrons. The summed E-state index contributed by atoms with van der Waals surface area (Å²) in [5.41, 5.74) is -0.374. The summed E-state index contributed by atoms with van der Waals surface area (Å²) in [6.45, 7) is 6.16. The summed E-state index contributed by atoms with van der Waals surface area (Å²) in [5.74, 6) is -0.797. The molecule has 140 valence electrons. The fourth-order valence-electron chi connectivity index (χ4n) is 1.97. The number of anilines is 1. The maximum atomic E-state index is 12.4. The molecule has 0 saturated heterocycles. The number of rotatable bonds is 9. The van der Waals surface area contributed by atoms with Crippen LogP contribution in [-0.2, 0) is 19.1 Å². The first-order valence-electron chi connectivity index (χ1n) is 7.98. The predicted molar refractivity (Wildman–Crippen MR) is 96.3 cm³/mol. The fraction of sp³-hybridized carbons (Fsp3) is 0.625. The van der Waals surface area contributed by atoms with Crippen LogP contribution in [0.3, 0.4) is 0 Å². The van der Waals surface area contributed by atoms with Crippen LogP contribution < -0.4 is 10.6 Å². The molecule has 8 nitrogen and oxygen atoms in total. The molecule has 0 saturated carbocycles. The highest BCUT2D eigenvalue weighted by Gasteiger charge is 2.21. The topological polar surface area (TPSA) is 101 Å². The van der Waals surface area contributed by atoms with Gasteiger partial charge >= 0.3 is 0 Å². The molecule has 0 unspecified atom stereocenters. The van der Waals surface area contributed by atoms with E-state index >= 15 is 0 Å². The van der Waals surface area contributed by atoms with Crippen LogP contribution in [0.25, 0.3) is 0 Å². The highest BCUT2D eigenvalue weighted by Crippen LogP contribution is 2.11. The Hall–Kier alpha value is -2.00. The lowest BCUT2D eigenvalue weighted by Gasteiger charge is -2.25. The number of thiazole rings is 1. The minimum Gasteiger partial charge on any atom is -0.383 e. The Morgan fingerprint density at radius 3 is 2.52 bits per heavy atom. The molecule has 25 heavy (non-hydrogen) atoms. The third-order valence-corrected chi connectivity index (χ3v) is 3.70. The molecular weight excluding hydrogens is 344 g/mol. The maximum absolute atomic E-state index is 12.4. The van der Waals surface area contributed by atoms with Gasteiger partial charge in [-0.15, -0.1) is 11.3 Å². The standard InChI is InChI=1S/C16H26N4O4S/c1-16(2,3)19-13(22)11-20(8-9-24-4)14(23)6-5-12(21)18-15-17-7-10-25-15/h7,10H,5-6,8-9,11H2,1-4H3,(H,19,22)(H,17,18,21). The molecule has 0 bridgehead atoms. The van der Waals surface area contributed by atoms with E-state index in [-0.39, 0.29) is 42.6 Å². The smallest absolute Gasteiger partial charge is 0.240 e. The van der Waals surface area contributed by atoms with Crippen LogP contribution >= 0.6 is 11.3 Å². The van der Waals surface area contributed by atoms with Gasteiger partial charge in [0.15, 0.2) is 5.13 Å². The predicted octanol–water partition coefficient (Wildman–Crippen LogP) is 1.25. The molecule has 9 heteroatoms. The van der Waals surface area contributed by atoms with E-state index in [4.69, 9.17) is 4.74 Å². The number of hydrogen-bond donors (Lipinski definition) is 2. The Balaban J connectivity index is 2.51. The van der Waals surface area contributed by atoms with Gasteiger partial charge < -0.3 is 20.3 Å². The molecule has 1 aromatic heterocycles. The minimum atomic E-state index is -0.374. The van der Waals surface area contributed by atoms with Crippen LogP contribution in [-0.4, -0.2) is 60.0 Å². The van der Waals surface area contributed by atoms with Gasteiger partial charge in [-0.2, -0.15) is 0 Å². The molecule has 3 amide bonds. The van der Waals surface area contributed by atoms with Gasteiger partial charge in [0.1, 0.15) is 0 Å². The Morgan fingerprint density at radius 2 is 1.96 bits per heavy atom. The summed E-state index contributed by atoms with van der Waals surface area (Å²) in [6, 6.07) is 0. The molecule has 0 aliphatic carbocycles. The lowest BCUT2D eigenvalue weighted by molar-refractivity contribution is -0.137. The lowest BCUT2D eigenvalue weighted by atomic mass is 10.1. The van der Waals surface area contributed by atoms with Crippen molar-refractivity contribution < 1.29 is 19.1 Å². The highest BCUT2D eigenvalue weighted by molar-refractivity contribution is 7.13. The van der Waals surface area contributed by atoms with E-state index in [0.717, 1.165) is 0 Å². The van der Waals surface area contributed by atoms with E-state index in [2.05, 4.69) is 15.6 Å². The first-order valence-corrected chi connectivity index (χ1v) is 8.86. The number of aromatic nitrogens is 1. The summed E-state index contributed by atoms with van der Waals surface area (Å²) < 4.78 is 4.99. The van der Waals surface area contributed by atoms with Gasteiger partial charge in [-0.25, -0.2) is 4.98 Å². The minimum absolute atomic E-state index is 0.0176. The number of amides is 3. The maximum Gasteiger partial charge on any atom is 0.240 e. The van der Waals surface area contributed by atoms with Crippen molar-refractivity contribution in [2.75, 3.05) is 32.1 Å². The normalized spacial score (nSPS) is 11.0. The van der Waals surface area contributed by atoms with Crippen molar-refractivity contribution >= 4 is 34.2 Å². The summed E-state index contributed by atoms with van der Waals surface area (Å²) in [5, 5.41) is 7.69. The zero-order chi connectivity index (χ0) is 18.9. The van der Waals surface area contributed by atoms with Crippen molar-refractivity contribution in [3.63, 3.8) is 0 Å². The Kier molecular flexibility index (Phi) is 8.50. The van der Waals surface area contributed by atoms with Gasteiger partial charge in [0, 0.05) is 43.6 Å². The van der Waals surface area contributed by atoms with Gasteiger partial charge in [-0.05, 0) is 20.8 Å². The largest absolute Gasteiger partial charge is 0.383 e. The second kappa shape index (κ2) is 10.1. The summed E-state index contributed by atoms with van der Waals surface area (Å²) >= 11 is 1.31. The van der Waals surface area contributed by atoms with Gasteiger partial charge in [-0.1, -0.05) is 0 Å². The van der Waals surface area contributed by atoms with Crippen molar-refractivity contribution in [1.82, 2.24) is 15.2 Å². The van der Waals surface area contributed by atoms with E-state index in [0.29, 0.717) is 18.3 Å². The average molecular weight is 370 g/mol. The fourth-order valence-corrected chi connectivity index (χ4v) is 2.52. The molecular formula is C16H26N4O4S. The number of nitrogens with zero attached hydrogens (tertiary/aromatic N) is 2. The molecule has 0 aromatic carbocycles. The van der Waals surface area contributed by atoms with Crippen molar-refractivity contribution in [3.05, 3.63) is 11.6 Å². The Bertz CT molecular complexity index is 569. The Morgan fingerprint density at radius 1 is 1.24 bits per heavy atom. The molecule has 1 aromatic rings. The van der Waals surface area contributed by atoms with Gasteiger partial charge in [0.25, 0.3) is 0 Å². The SMILES string of the molecule is COCCN(CC(=O)NC(C)(C)C)C(=O)CCC(=O)Nc1nccs1. The first kappa shape index (κ1) is 21.0. The molecule has 0 atom stereocenters. The van der Waals surface area contributed by atoms with Crippen LogP contribution in [0.1, 0.15) is 33.6 Å². The van der Waals surface area contributed by atoms with Crippen LogP contribution in [0.15, 0.2) is 11.6 Å². The number of ether oxygens (including phenoxy) is 1. The zero-order valence-corrected chi connectivity index (χ0v) is 15.9. The average Bonchev–Trinajstić information content (AvgIpc) is 3.00. The quantitative estimate of drug-likeness (QED) is 0.681. The monoisotopic (exact) mass is 370 g/mol. The molecule has 0 aliphatic rings. The zero-order valence-electron chi connectivity index (χ0n) is 15.1. The van der Waals surface area contributed by atoms with Crippen LogP contribution in [0, 0.1) is 0 Å². The van der Waals surface area contributed by atoms with Gasteiger partial charge in [0.2, 0.25) is 17.7 Å². The second-order valence-corrected chi connectivity index (χ2v) is 7.39. The van der Waals surface area contributed by atoms with Crippen molar-refractivity contribution in [1.29, 1.82) is 0 Å². The Labute approximate surface area is 151 Å². The number of methoxy groups -OCH3 is 1. The highest BCUT2D eigenvalue weighted by atomic mass is 32.1. The van der Waals surface area contributed by atoms with Gasteiger partial charge in [-0.3, -0.25) is 14.4 Å². The summed E-state index contributed by atoms with van der Waals surface area (Å²) in [4.78, 5) is 41.6.